The molecule has 1 amide bonds. The lowest BCUT2D eigenvalue weighted by atomic mass is 9.96. The number of nitrogens with zero attached hydrogens (tertiary/aromatic N) is 5. The van der Waals surface area contributed by atoms with Crippen molar-refractivity contribution in [3.8, 4) is 10.6 Å². The third-order valence-corrected chi connectivity index (χ3v) is 6.34. The van der Waals surface area contributed by atoms with Crippen LogP contribution in [0.4, 0.5) is 13.2 Å². The van der Waals surface area contributed by atoms with Crippen LogP contribution in [0.25, 0.3) is 10.6 Å². The Bertz CT molecular complexity index is 1020. The van der Waals surface area contributed by atoms with E-state index in [4.69, 9.17) is 0 Å². The number of aromatic nitrogens is 4. The average molecular weight is 450 g/mol. The zero-order valence-electron chi connectivity index (χ0n) is 16.9. The van der Waals surface area contributed by atoms with Gasteiger partial charge in [0.25, 0.3) is 0 Å². The van der Waals surface area contributed by atoms with E-state index in [0.717, 1.165) is 6.07 Å². The Kier molecular flexibility index (Phi) is 6.08. The summed E-state index contributed by atoms with van der Waals surface area (Å²) in [5.74, 6) is -0.211. The van der Waals surface area contributed by atoms with Crippen LogP contribution in [-0.4, -0.2) is 43.4 Å². The van der Waals surface area contributed by atoms with Crippen LogP contribution in [0.3, 0.4) is 0 Å². The molecule has 0 spiro atoms. The molecule has 0 saturated carbocycles. The Hall–Kier alpha value is -2.75. The van der Waals surface area contributed by atoms with Gasteiger partial charge in [-0.1, -0.05) is 6.07 Å². The molecule has 1 aliphatic rings. The highest BCUT2D eigenvalue weighted by molar-refractivity contribution is 7.13. The van der Waals surface area contributed by atoms with Crippen molar-refractivity contribution in [2.24, 2.45) is 0 Å². The van der Waals surface area contributed by atoms with Crippen LogP contribution in [-0.2, 0) is 11.0 Å². The third kappa shape index (κ3) is 4.95. The van der Waals surface area contributed by atoms with E-state index in [2.05, 4.69) is 15.0 Å². The van der Waals surface area contributed by atoms with Crippen molar-refractivity contribution >= 4 is 17.2 Å². The third-order valence-electron chi connectivity index (χ3n) is 5.45. The first-order valence-corrected chi connectivity index (χ1v) is 10.9. The van der Waals surface area contributed by atoms with E-state index in [1.54, 1.807) is 41.1 Å². The fourth-order valence-corrected chi connectivity index (χ4v) is 4.46. The van der Waals surface area contributed by atoms with Gasteiger partial charge in [-0.15, -0.1) is 11.3 Å². The normalized spacial score (nSPS) is 18.2. The minimum atomic E-state index is -4.56. The molecule has 0 N–H and O–H groups in total. The predicted molar refractivity (Wildman–Crippen MR) is 110 cm³/mol. The number of carbonyl (C=O) groups is 1. The zero-order valence-corrected chi connectivity index (χ0v) is 17.7. The molecular weight excluding hydrogens is 427 g/mol. The first-order valence-electron chi connectivity index (χ1n) is 10.1. The zero-order chi connectivity index (χ0) is 22.0. The number of carbonyl (C=O) groups excluding carboxylic acids is 1. The van der Waals surface area contributed by atoms with Gasteiger partial charge in [-0.05, 0) is 37.3 Å². The van der Waals surface area contributed by atoms with Crippen molar-refractivity contribution in [3.05, 3.63) is 53.8 Å². The topological polar surface area (TPSA) is 63.9 Å². The highest BCUT2D eigenvalue weighted by atomic mass is 32.1. The molecule has 164 valence electrons. The van der Waals surface area contributed by atoms with Crippen LogP contribution in [0, 0.1) is 0 Å². The molecule has 0 aliphatic carbocycles. The number of halogens is 3. The van der Waals surface area contributed by atoms with E-state index >= 15 is 0 Å². The molecule has 0 bridgehead atoms. The van der Waals surface area contributed by atoms with E-state index in [9.17, 15) is 18.0 Å². The van der Waals surface area contributed by atoms with Crippen LogP contribution in [0.5, 0.6) is 0 Å². The molecule has 1 aliphatic heterocycles. The van der Waals surface area contributed by atoms with Gasteiger partial charge in [-0.25, -0.2) is 15.0 Å². The Balaban J connectivity index is 1.55. The lowest BCUT2D eigenvalue weighted by molar-refractivity contribution is -0.141. The molecule has 0 radical (unpaired) electrons. The minimum absolute atomic E-state index is 0.0312. The maximum atomic E-state index is 13.5. The van der Waals surface area contributed by atoms with Gasteiger partial charge in [0, 0.05) is 43.9 Å². The molecule has 4 rings (SSSR count). The van der Waals surface area contributed by atoms with Crippen LogP contribution < -0.4 is 0 Å². The second kappa shape index (κ2) is 8.78. The second-order valence-electron chi connectivity index (χ2n) is 7.71. The van der Waals surface area contributed by atoms with Crippen molar-refractivity contribution in [2.45, 2.75) is 44.3 Å². The number of amides is 1. The number of hydrogen-bond donors (Lipinski definition) is 0. The molecule has 4 heterocycles. The van der Waals surface area contributed by atoms with E-state index < -0.39 is 11.9 Å². The van der Waals surface area contributed by atoms with E-state index in [-0.39, 0.29) is 29.4 Å². The summed E-state index contributed by atoms with van der Waals surface area (Å²) in [6, 6.07) is 4.46. The molecule has 6 nitrogen and oxygen atoms in total. The molecule has 10 heteroatoms. The van der Waals surface area contributed by atoms with Gasteiger partial charge in [-0.3, -0.25) is 4.79 Å². The Morgan fingerprint density at radius 3 is 2.87 bits per heavy atom. The molecule has 2 atom stereocenters. The number of piperidine rings is 1. The van der Waals surface area contributed by atoms with Gasteiger partial charge in [-0.2, -0.15) is 13.2 Å². The molecule has 1 fully saturated rings. The van der Waals surface area contributed by atoms with Crippen LogP contribution in [0.15, 0.2) is 42.3 Å². The largest absolute Gasteiger partial charge is 0.433 e. The van der Waals surface area contributed by atoms with Gasteiger partial charge < -0.3 is 9.47 Å². The SMILES string of the molecule is C[C@H](CC(=O)N1CCC[C@@H](c2nc(-c3cccs3)cc(C(F)(F)F)n2)C1)n1ccnc1. The monoisotopic (exact) mass is 449 g/mol. The van der Waals surface area contributed by atoms with Crippen molar-refractivity contribution in [1.82, 2.24) is 24.4 Å². The summed E-state index contributed by atoms with van der Waals surface area (Å²) in [6.45, 7) is 2.84. The summed E-state index contributed by atoms with van der Waals surface area (Å²) >= 11 is 1.33. The number of hydrogen-bond acceptors (Lipinski definition) is 5. The summed E-state index contributed by atoms with van der Waals surface area (Å²) in [5, 5.41) is 1.80. The summed E-state index contributed by atoms with van der Waals surface area (Å²) in [7, 11) is 0. The fourth-order valence-electron chi connectivity index (χ4n) is 3.78. The van der Waals surface area contributed by atoms with Gasteiger partial charge in [0.1, 0.15) is 11.5 Å². The number of thiophene rings is 1. The van der Waals surface area contributed by atoms with Crippen LogP contribution >= 0.6 is 11.3 Å². The lowest BCUT2D eigenvalue weighted by Crippen LogP contribution is -2.40. The summed E-state index contributed by atoms with van der Waals surface area (Å²) < 4.78 is 42.3. The maximum absolute atomic E-state index is 13.5. The minimum Gasteiger partial charge on any atom is -0.342 e. The van der Waals surface area contributed by atoms with Gasteiger partial charge in [0.15, 0.2) is 0 Å². The highest BCUT2D eigenvalue weighted by Gasteiger charge is 2.35. The van der Waals surface area contributed by atoms with Crippen molar-refractivity contribution < 1.29 is 18.0 Å². The van der Waals surface area contributed by atoms with Gasteiger partial charge in [0.05, 0.1) is 16.9 Å². The second-order valence-corrected chi connectivity index (χ2v) is 8.66. The van der Waals surface area contributed by atoms with Gasteiger partial charge >= 0.3 is 6.18 Å². The molecule has 0 unspecified atom stereocenters. The first-order chi connectivity index (χ1) is 14.8. The predicted octanol–water partition coefficient (Wildman–Crippen LogP) is 4.78. The first kappa shape index (κ1) is 21.5. The molecular formula is C21H22F3N5OS. The molecule has 31 heavy (non-hydrogen) atoms. The van der Waals surface area contributed by atoms with Crippen LogP contribution in [0.2, 0.25) is 0 Å². The maximum Gasteiger partial charge on any atom is 0.433 e. The average Bonchev–Trinajstić information content (AvgIpc) is 3.47. The summed E-state index contributed by atoms with van der Waals surface area (Å²) in [4.78, 5) is 27.5. The number of alkyl halides is 3. The summed E-state index contributed by atoms with van der Waals surface area (Å²) in [6.07, 6.45) is 2.21. The van der Waals surface area contributed by atoms with E-state index in [1.165, 1.54) is 11.3 Å². The Morgan fingerprint density at radius 2 is 2.19 bits per heavy atom. The molecule has 1 saturated heterocycles. The molecule has 3 aromatic rings. The van der Waals surface area contributed by atoms with Crippen molar-refractivity contribution in [3.63, 3.8) is 0 Å². The Labute approximate surface area is 181 Å². The Morgan fingerprint density at radius 1 is 1.35 bits per heavy atom. The van der Waals surface area contributed by atoms with E-state index in [0.29, 0.717) is 37.2 Å². The van der Waals surface area contributed by atoms with Crippen molar-refractivity contribution in [1.29, 1.82) is 0 Å². The van der Waals surface area contributed by atoms with E-state index in [1.807, 2.05) is 11.5 Å². The highest BCUT2D eigenvalue weighted by Crippen LogP contribution is 2.34. The molecule has 3 aromatic heterocycles. The van der Waals surface area contributed by atoms with Gasteiger partial charge in [0.2, 0.25) is 5.91 Å². The van der Waals surface area contributed by atoms with Crippen LogP contribution in [0.1, 0.15) is 49.7 Å². The lowest BCUT2D eigenvalue weighted by Gasteiger charge is -2.33. The number of likely N-dealkylation sites (tertiary alicyclic amines) is 1. The summed E-state index contributed by atoms with van der Waals surface area (Å²) in [5.41, 5.74) is -0.678. The number of imidazole rings is 1. The van der Waals surface area contributed by atoms with Crippen molar-refractivity contribution in [2.75, 3.05) is 13.1 Å². The molecule has 0 aromatic carbocycles. The fraction of sp³-hybridized carbons (Fsp3) is 0.429. The standard InChI is InChI=1S/C21H22F3N5OS/c1-14(29-8-6-25-13-29)10-19(30)28-7-2-4-15(12-28)20-26-16(17-5-3-9-31-17)11-18(27-20)21(22,23)24/h3,5-6,8-9,11,13-15H,2,4,7,10,12H2,1H3/t14-,15-/m1/s1. The smallest absolute Gasteiger partial charge is 0.342 e. The quantitative estimate of drug-likeness (QED) is 0.563. The number of rotatable bonds is 5.